The molecule has 0 radical (unpaired) electrons. The molecule has 0 unspecified atom stereocenters. The Kier molecular flexibility index (Phi) is 6.57. The van der Waals surface area contributed by atoms with Gasteiger partial charge in [0.05, 0.1) is 13.2 Å². The Morgan fingerprint density at radius 1 is 1.19 bits per heavy atom. The second kappa shape index (κ2) is 9.54. The molecule has 0 saturated carbocycles. The van der Waals surface area contributed by atoms with Crippen LogP contribution < -0.4 is 20.3 Å². The largest absolute Gasteiger partial charge is 0.476 e. The van der Waals surface area contributed by atoms with Gasteiger partial charge in [0, 0.05) is 55.0 Å². The number of hydrogen-bond donors (Lipinski definition) is 2. The summed E-state index contributed by atoms with van der Waals surface area (Å²) in [7, 11) is 3.90. The fraction of sp³-hybridized carbons (Fsp3) is 0.435. The molecule has 1 aliphatic heterocycles. The van der Waals surface area contributed by atoms with Gasteiger partial charge in [0.15, 0.2) is 0 Å². The highest BCUT2D eigenvalue weighted by Crippen LogP contribution is 2.27. The second-order valence-corrected chi connectivity index (χ2v) is 7.90. The standard InChI is InChI=1S/C23H30N6O3/c1-15-16(2)28(4)20-6-5-17(13-18(15)20)25-22(30)19-14-21(32-10-7-24-3)27-23(26-19)29-8-11-31-12-9-29/h5-6,13-14,24H,7-12H2,1-4H3,(H,25,30). The first-order valence-electron chi connectivity index (χ1n) is 10.8. The van der Waals surface area contributed by atoms with E-state index in [0.717, 1.165) is 16.6 Å². The number of aromatic nitrogens is 3. The van der Waals surface area contributed by atoms with Crippen molar-refractivity contribution in [3.8, 4) is 5.88 Å². The monoisotopic (exact) mass is 438 g/mol. The maximum Gasteiger partial charge on any atom is 0.274 e. The summed E-state index contributed by atoms with van der Waals surface area (Å²) in [6.45, 7) is 7.86. The summed E-state index contributed by atoms with van der Waals surface area (Å²) >= 11 is 0. The number of nitrogens with one attached hydrogen (secondary N) is 2. The van der Waals surface area contributed by atoms with E-state index in [2.05, 4.69) is 39.0 Å². The van der Waals surface area contributed by atoms with Crippen molar-refractivity contribution in [1.82, 2.24) is 19.9 Å². The van der Waals surface area contributed by atoms with Gasteiger partial charge >= 0.3 is 0 Å². The van der Waals surface area contributed by atoms with E-state index in [1.807, 2.05) is 37.2 Å². The molecule has 1 aliphatic rings. The highest BCUT2D eigenvalue weighted by molar-refractivity contribution is 6.04. The zero-order valence-corrected chi connectivity index (χ0v) is 19.1. The third-order valence-corrected chi connectivity index (χ3v) is 5.89. The lowest BCUT2D eigenvalue weighted by atomic mass is 10.1. The Morgan fingerprint density at radius 2 is 1.97 bits per heavy atom. The van der Waals surface area contributed by atoms with Crippen LogP contribution in [0.15, 0.2) is 24.3 Å². The molecule has 2 aromatic heterocycles. The molecule has 1 amide bonds. The van der Waals surface area contributed by atoms with Crippen molar-refractivity contribution in [2.24, 2.45) is 7.05 Å². The summed E-state index contributed by atoms with van der Waals surface area (Å²) in [6.07, 6.45) is 0. The summed E-state index contributed by atoms with van der Waals surface area (Å²) in [5.74, 6) is 0.558. The van der Waals surface area contributed by atoms with Crippen molar-refractivity contribution < 1.29 is 14.3 Å². The predicted octanol–water partition coefficient (Wildman–Crippen LogP) is 2.27. The predicted molar refractivity (Wildman–Crippen MR) is 125 cm³/mol. The number of morpholine rings is 1. The number of fused-ring (bicyclic) bond motifs is 1. The molecular formula is C23H30N6O3. The van der Waals surface area contributed by atoms with Crippen LogP contribution in [0.4, 0.5) is 11.6 Å². The molecule has 9 heteroatoms. The van der Waals surface area contributed by atoms with Gasteiger partial charge in [0.2, 0.25) is 11.8 Å². The Hall–Kier alpha value is -3.17. The normalized spacial score (nSPS) is 14.1. The molecule has 0 bridgehead atoms. The number of aryl methyl sites for hydroxylation is 2. The number of rotatable bonds is 7. The Labute approximate surface area is 187 Å². The van der Waals surface area contributed by atoms with E-state index in [4.69, 9.17) is 9.47 Å². The summed E-state index contributed by atoms with van der Waals surface area (Å²) < 4.78 is 13.3. The molecule has 0 spiro atoms. The number of carbonyl (C=O) groups is 1. The van der Waals surface area contributed by atoms with E-state index in [-0.39, 0.29) is 11.6 Å². The number of carbonyl (C=O) groups excluding carboxylic acids is 1. The molecule has 3 heterocycles. The van der Waals surface area contributed by atoms with Crippen molar-refractivity contribution >= 4 is 28.4 Å². The van der Waals surface area contributed by atoms with Gasteiger partial charge in [0.25, 0.3) is 5.91 Å². The van der Waals surface area contributed by atoms with E-state index in [9.17, 15) is 4.79 Å². The fourth-order valence-corrected chi connectivity index (χ4v) is 3.79. The first-order chi connectivity index (χ1) is 15.5. The number of amides is 1. The van der Waals surface area contributed by atoms with Crippen LogP contribution in [0.2, 0.25) is 0 Å². The number of hydrogen-bond acceptors (Lipinski definition) is 7. The Bertz CT molecular complexity index is 1120. The van der Waals surface area contributed by atoms with Gasteiger partial charge in [0.1, 0.15) is 12.3 Å². The van der Waals surface area contributed by atoms with E-state index in [1.54, 1.807) is 6.07 Å². The topological polar surface area (TPSA) is 93.5 Å². The summed E-state index contributed by atoms with van der Waals surface area (Å²) in [5.41, 5.74) is 4.53. The molecule has 9 nitrogen and oxygen atoms in total. The van der Waals surface area contributed by atoms with Crippen LogP contribution in [-0.4, -0.2) is 66.9 Å². The van der Waals surface area contributed by atoms with Crippen LogP contribution in [-0.2, 0) is 11.8 Å². The maximum atomic E-state index is 13.1. The molecule has 4 rings (SSSR count). The van der Waals surface area contributed by atoms with Crippen LogP contribution in [0.3, 0.4) is 0 Å². The van der Waals surface area contributed by atoms with Crippen LogP contribution >= 0.6 is 0 Å². The van der Waals surface area contributed by atoms with Gasteiger partial charge < -0.3 is 29.6 Å². The molecule has 0 aliphatic carbocycles. The molecule has 3 aromatic rings. The minimum absolute atomic E-state index is 0.266. The van der Waals surface area contributed by atoms with Gasteiger partial charge in [-0.1, -0.05) is 0 Å². The number of likely N-dealkylation sites (N-methyl/N-ethyl adjacent to an activating group) is 1. The van der Waals surface area contributed by atoms with E-state index in [1.165, 1.54) is 11.3 Å². The third kappa shape index (κ3) is 4.53. The highest BCUT2D eigenvalue weighted by Gasteiger charge is 2.19. The molecular weight excluding hydrogens is 408 g/mol. The molecule has 2 N–H and O–H groups in total. The second-order valence-electron chi connectivity index (χ2n) is 7.90. The molecule has 0 atom stereocenters. The lowest BCUT2D eigenvalue weighted by molar-refractivity contribution is 0.102. The minimum atomic E-state index is -0.301. The van der Waals surface area contributed by atoms with E-state index < -0.39 is 0 Å². The van der Waals surface area contributed by atoms with Crippen molar-refractivity contribution in [3.05, 3.63) is 41.2 Å². The zero-order chi connectivity index (χ0) is 22.7. The SMILES string of the molecule is CNCCOc1cc(C(=O)Nc2ccc3c(c2)c(C)c(C)n3C)nc(N2CCOCC2)n1. The summed E-state index contributed by atoms with van der Waals surface area (Å²) in [5, 5.41) is 7.14. The summed E-state index contributed by atoms with van der Waals surface area (Å²) in [4.78, 5) is 24.2. The van der Waals surface area contributed by atoms with Crippen molar-refractivity contribution in [2.45, 2.75) is 13.8 Å². The van der Waals surface area contributed by atoms with Gasteiger partial charge in [-0.05, 0) is 44.7 Å². The first-order valence-corrected chi connectivity index (χ1v) is 10.8. The average Bonchev–Trinajstić information content (AvgIpc) is 3.03. The zero-order valence-electron chi connectivity index (χ0n) is 19.1. The Balaban J connectivity index is 1.60. The quantitative estimate of drug-likeness (QED) is 0.547. The van der Waals surface area contributed by atoms with Crippen LogP contribution in [0, 0.1) is 13.8 Å². The minimum Gasteiger partial charge on any atom is -0.476 e. The molecule has 1 aromatic carbocycles. The molecule has 1 fully saturated rings. The third-order valence-electron chi connectivity index (χ3n) is 5.89. The smallest absolute Gasteiger partial charge is 0.274 e. The van der Waals surface area contributed by atoms with Gasteiger partial charge in [-0.2, -0.15) is 4.98 Å². The van der Waals surface area contributed by atoms with Crippen molar-refractivity contribution in [1.29, 1.82) is 0 Å². The fourth-order valence-electron chi connectivity index (χ4n) is 3.79. The van der Waals surface area contributed by atoms with E-state index in [0.29, 0.717) is 51.3 Å². The first kappa shape index (κ1) is 22.0. The average molecular weight is 439 g/mol. The van der Waals surface area contributed by atoms with Crippen molar-refractivity contribution in [3.63, 3.8) is 0 Å². The highest BCUT2D eigenvalue weighted by atomic mass is 16.5. The van der Waals surface area contributed by atoms with Crippen LogP contribution in [0.5, 0.6) is 5.88 Å². The summed E-state index contributed by atoms with van der Waals surface area (Å²) in [6, 6.07) is 7.53. The number of benzene rings is 1. The van der Waals surface area contributed by atoms with Gasteiger partial charge in [-0.15, -0.1) is 0 Å². The van der Waals surface area contributed by atoms with E-state index >= 15 is 0 Å². The van der Waals surface area contributed by atoms with Gasteiger partial charge in [-0.3, -0.25) is 4.79 Å². The van der Waals surface area contributed by atoms with Crippen LogP contribution in [0.25, 0.3) is 10.9 Å². The molecule has 170 valence electrons. The molecule has 32 heavy (non-hydrogen) atoms. The lowest BCUT2D eigenvalue weighted by Gasteiger charge is -2.27. The number of nitrogens with zero attached hydrogens (tertiary/aromatic N) is 4. The van der Waals surface area contributed by atoms with Gasteiger partial charge in [-0.25, -0.2) is 4.98 Å². The number of ether oxygens (including phenoxy) is 2. The Morgan fingerprint density at radius 3 is 2.72 bits per heavy atom. The molecule has 1 saturated heterocycles. The van der Waals surface area contributed by atoms with Crippen LogP contribution in [0.1, 0.15) is 21.7 Å². The maximum absolute atomic E-state index is 13.1. The number of anilines is 2. The lowest BCUT2D eigenvalue weighted by Crippen LogP contribution is -2.37. The van der Waals surface area contributed by atoms with Crippen molar-refractivity contribution in [2.75, 3.05) is 56.7 Å².